The van der Waals surface area contributed by atoms with E-state index >= 15 is 0 Å². The van der Waals surface area contributed by atoms with Gasteiger partial charge in [0.05, 0.1) is 19.6 Å². The molecule has 1 aromatic carbocycles. The molecule has 1 unspecified atom stereocenters. The monoisotopic (exact) mass is 247 g/mol. The first-order chi connectivity index (χ1) is 8.79. The lowest BCUT2D eigenvalue weighted by Crippen LogP contribution is -2.35. The number of carbonyl (C=O) groups is 1. The van der Waals surface area contributed by atoms with Crippen molar-refractivity contribution in [1.29, 1.82) is 0 Å². The number of nitrogens with one attached hydrogen (secondary N) is 1. The summed E-state index contributed by atoms with van der Waals surface area (Å²) in [5.41, 5.74) is 2.18. The molecular weight excluding hydrogens is 230 g/mol. The normalized spacial score (nSPS) is 22.5. The van der Waals surface area contributed by atoms with Gasteiger partial charge in [0.2, 0.25) is 0 Å². The molecule has 0 radical (unpaired) electrons. The summed E-state index contributed by atoms with van der Waals surface area (Å²) >= 11 is 0. The van der Waals surface area contributed by atoms with Crippen LogP contribution in [0.15, 0.2) is 12.1 Å². The van der Waals surface area contributed by atoms with Crippen molar-refractivity contribution in [3.8, 4) is 11.5 Å². The maximum Gasteiger partial charge on any atom is 0.143 e. The third-order valence-electron chi connectivity index (χ3n) is 3.70. The first-order valence-electron chi connectivity index (χ1n) is 6.36. The molecule has 1 fully saturated rings. The molecule has 0 aromatic heterocycles. The van der Waals surface area contributed by atoms with Crippen LogP contribution < -0.4 is 14.8 Å². The van der Waals surface area contributed by atoms with Crippen LogP contribution in [0.25, 0.3) is 0 Å². The number of hydrogen-bond acceptors (Lipinski definition) is 4. The quantitative estimate of drug-likeness (QED) is 0.855. The van der Waals surface area contributed by atoms with Gasteiger partial charge in [-0.3, -0.25) is 4.79 Å². The van der Waals surface area contributed by atoms with Gasteiger partial charge in [-0.2, -0.15) is 0 Å². The Hall–Kier alpha value is -1.55. The zero-order chi connectivity index (χ0) is 12.5. The van der Waals surface area contributed by atoms with Gasteiger partial charge in [0.25, 0.3) is 0 Å². The topological polar surface area (TPSA) is 47.6 Å². The smallest absolute Gasteiger partial charge is 0.143 e. The second kappa shape index (κ2) is 4.61. The molecule has 3 rings (SSSR count). The Labute approximate surface area is 106 Å². The van der Waals surface area contributed by atoms with E-state index in [0.717, 1.165) is 36.6 Å². The van der Waals surface area contributed by atoms with Crippen molar-refractivity contribution in [3.05, 3.63) is 23.3 Å². The van der Waals surface area contributed by atoms with Gasteiger partial charge < -0.3 is 14.8 Å². The second-order valence-corrected chi connectivity index (χ2v) is 4.77. The summed E-state index contributed by atoms with van der Waals surface area (Å²) < 4.78 is 10.9. The summed E-state index contributed by atoms with van der Waals surface area (Å²) in [5.74, 6) is 1.87. The van der Waals surface area contributed by atoms with E-state index in [-0.39, 0.29) is 5.92 Å². The number of fused-ring (bicyclic) bond motifs is 1. The van der Waals surface area contributed by atoms with E-state index in [2.05, 4.69) is 11.4 Å². The van der Waals surface area contributed by atoms with E-state index in [0.29, 0.717) is 18.7 Å². The van der Waals surface area contributed by atoms with Gasteiger partial charge in [0.1, 0.15) is 17.3 Å². The fraction of sp³-hybridized carbons (Fsp3) is 0.500. The van der Waals surface area contributed by atoms with Crippen molar-refractivity contribution < 1.29 is 14.3 Å². The van der Waals surface area contributed by atoms with Crippen molar-refractivity contribution in [2.24, 2.45) is 0 Å². The van der Waals surface area contributed by atoms with Crippen molar-refractivity contribution in [2.45, 2.75) is 18.8 Å². The minimum absolute atomic E-state index is 0.0837. The molecule has 0 bridgehead atoms. The van der Waals surface area contributed by atoms with Crippen LogP contribution in [0.5, 0.6) is 11.5 Å². The molecule has 4 nitrogen and oxygen atoms in total. The van der Waals surface area contributed by atoms with E-state index in [4.69, 9.17) is 9.47 Å². The number of piperidine rings is 1. The zero-order valence-electron chi connectivity index (χ0n) is 10.5. The number of benzene rings is 1. The SMILES string of the molecule is COc1cc2c(cc1C1CNCCC1=O)CCO2. The predicted octanol–water partition coefficient (Wildman–Crippen LogP) is 1.28. The van der Waals surface area contributed by atoms with Crippen molar-refractivity contribution in [1.82, 2.24) is 5.32 Å². The molecule has 2 aliphatic rings. The number of carbonyl (C=O) groups excluding carboxylic acids is 1. The first-order valence-corrected chi connectivity index (χ1v) is 6.36. The average molecular weight is 247 g/mol. The molecule has 1 N–H and O–H groups in total. The zero-order valence-corrected chi connectivity index (χ0v) is 10.5. The van der Waals surface area contributed by atoms with Gasteiger partial charge in [-0.15, -0.1) is 0 Å². The van der Waals surface area contributed by atoms with Crippen LogP contribution in [0.2, 0.25) is 0 Å². The van der Waals surface area contributed by atoms with Gasteiger partial charge in [0.15, 0.2) is 0 Å². The fourth-order valence-corrected chi connectivity index (χ4v) is 2.70. The summed E-state index contributed by atoms with van der Waals surface area (Å²) in [6, 6.07) is 4.00. The molecule has 2 heterocycles. The Morgan fingerprint density at radius 3 is 3.06 bits per heavy atom. The molecule has 2 aliphatic heterocycles. The molecule has 1 atom stereocenters. The summed E-state index contributed by atoms with van der Waals surface area (Å²) in [6.07, 6.45) is 1.52. The van der Waals surface area contributed by atoms with E-state index in [1.807, 2.05) is 6.07 Å². The summed E-state index contributed by atoms with van der Waals surface area (Å²) in [6.45, 7) is 2.21. The van der Waals surface area contributed by atoms with Gasteiger partial charge in [-0.05, 0) is 11.6 Å². The highest BCUT2D eigenvalue weighted by molar-refractivity contribution is 5.87. The molecule has 1 saturated heterocycles. The molecule has 0 saturated carbocycles. The van der Waals surface area contributed by atoms with Crippen LogP contribution in [-0.2, 0) is 11.2 Å². The van der Waals surface area contributed by atoms with Crippen LogP contribution in [0, 0.1) is 0 Å². The number of ketones is 1. The molecule has 96 valence electrons. The molecule has 4 heteroatoms. The Kier molecular flexibility index (Phi) is 2.96. The summed E-state index contributed by atoms with van der Waals surface area (Å²) in [5, 5.41) is 3.28. The molecule has 0 spiro atoms. The predicted molar refractivity (Wildman–Crippen MR) is 67.4 cm³/mol. The molecular formula is C14H17NO3. The highest BCUT2D eigenvalue weighted by Crippen LogP contribution is 2.37. The Morgan fingerprint density at radius 2 is 2.28 bits per heavy atom. The Balaban J connectivity index is 2.01. The largest absolute Gasteiger partial charge is 0.496 e. The highest BCUT2D eigenvalue weighted by Gasteiger charge is 2.28. The Morgan fingerprint density at radius 1 is 1.39 bits per heavy atom. The van der Waals surface area contributed by atoms with Crippen LogP contribution in [0.1, 0.15) is 23.5 Å². The van der Waals surface area contributed by atoms with Gasteiger partial charge in [0, 0.05) is 37.6 Å². The van der Waals surface area contributed by atoms with Gasteiger partial charge >= 0.3 is 0 Å². The number of hydrogen-bond donors (Lipinski definition) is 1. The van der Waals surface area contributed by atoms with Crippen LogP contribution in [0.3, 0.4) is 0 Å². The van der Waals surface area contributed by atoms with E-state index < -0.39 is 0 Å². The van der Waals surface area contributed by atoms with Gasteiger partial charge in [-0.25, -0.2) is 0 Å². The summed E-state index contributed by atoms with van der Waals surface area (Å²) in [7, 11) is 1.64. The summed E-state index contributed by atoms with van der Waals surface area (Å²) in [4.78, 5) is 12.0. The van der Waals surface area contributed by atoms with Crippen LogP contribution in [-0.4, -0.2) is 32.6 Å². The third-order valence-corrected chi connectivity index (χ3v) is 3.70. The number of rotatable bonds is 2. The third kappa shape index (κ3) is 1.86. The maximum atomic E-state index is 12.0. The molecule has 0 aliphatic carbocycles. The lowest BCUT2D eigenvalue weighted by atomic mass is 9.88. The van der Waals surface area contributed by atoms with E-state index in [9.17, 15) is 4.79 Å². The molecule has 0 amide bonds. The number of Topliss-reactive ketones (excluding diaryl/α,β-unsaturated/α-hetero) is 1. The van der Waals surface area contributed by atoms with Crippen LogP contribution in [0.4, 0.5) is 0 Å². The van der Waals surface area contributed by atoms with Crippen LogP contribution >= 0.6 is 0 Å². The van der Waals surface area contributed by atoms with E-state index in [1.54, 1.807) is 7.11 Å². The first kappa shape index (κ1) is 11.5. The second-order valence-electron chi connectivity index (χ2n) is 4.77. The minimum atomic E-state index is -0.0837. The molecule has 18 heavy (non-hydrogen) atoms. The highest BCUT2D eigenvalue weighted by atomic mass is 16.5. The number of ether oxygens (including phenoxy) is 2. The lowest BCUT2D eigenvalue weighted by Gasteiger charge is -2.24. The van der Waals surface area contributed by atoms with Crippen molar-refractivity contribution >= 4 is 5.78 Å². The van der Waals surface area contributed by atoms with Crippen molar-refractivity contribution in [3.63, 3.8) is 0 Å². The minimum Gasteiger partial charge on any atom is -0.496 e. The molecule has 1 aromatic rings. The maximum absolute atomic E-state index is 12.0. The Bertz CT molecular complexity index is 484. The number of methoxy groups -OCH3 is 1. The fourth-order valence-electron chi connectivity index (χ4n) is 2.70. The van der Waals surface area contributed by atoms with Crippen molar-refractivity contribution in [2.75, 3.05) is 26.8 Å². The lowest BCUT2D eigenvalue weighted by molar-refractivity contribution is -0.121. The van der Waals surface area contributed by atoms with Gasteiger partial charge in [-0.1, -0.05) is 0 Å². The van der Waals surface area contributed by atoms with E-state index in [1.165, 1.54) is 5.56 Å². The standard InChI is InChI=1S/C14H17NO3/c1-17-14-7-13-9(3-5-18-13)6-10(14)11-8-15-4-2-12(11)16/h6-7,11,15H,2-5,8H2,1H3. The average Bonchev–Trinajstić information content (AvgIpc) is 2.85.